The minimum absolute atomic E-state index is 0.0174. The second-order valence-corrected chi connectivity index (χ2v) is 19.8. The van der Waals surface area contributed by atoms with Crippen LogP contribution in [0, 0.1) is 0 Å². The lowest BCUT2D eigenvalue weighted by Crippen LogP contribution is -2.51. The molecule has 0 aromatic rings. The maximum Gasteiger partial charge on any atom is 0.472 e. The summed E-state index contributed by atoms with van der Waals surface area (Å²) in [4.78, 5) is 23.2. The fraction of sp³-hybridized carbons (Fsp3) is 0.898. The summed E-state index contributed by atoms with van der Waals surface area (Å²) in [6, 6.07) is -1.05. The van der Waals surface area contributed by atoms with Crippen molar-refractivity contribution in [3.05, 3.63) is 24.3 Å². The van der Waals surface area contributed by atoms with Crippen LogP contribution in [-0.2, 0) is 18.4 Å². The minimum atomic E-state index is -4.42. The number of quaternary nitrogens is 1. The van der Waals surface area contributed by atoms with E-state index in [0.717, 1.165) is 32.1 Å². The summed E-state index contributed by atoms with van der Waals surface area (Å²) in [5.41, 5.74) is 0. The Morgan fingerprint density at radius 3 is 1.36 bits per heavy atom. The Kier molecular flexibility index (Phi) is 40.2. The zero-order chi connectivity index (χ0) is 43.7. The molecule has 0 bridgehead atoms. The van der Waals surface area contributed by atoms with Gasteiger partial charge in [0.15, 0.2) is 0 Å². The normalized spacial score (nSPS) is 14.9. The van der Waals surface area contributed by atoms with Gasteiger partial charge in [-0.05, 0) is 64.2 Å². The second kappa shape index (κ2) is 41.0. The maximum atomic E-state index is 12.9. The van der Waals surface area contributed by atoms with Crippen molar-refractivity contribution < 1.29 is 38.0 Å². The third-order valence-electron chi connectivity index (χ3n) is 11.3. The summed E-state index contributed by atoms with van der Waals surface area (Å²) in [7, 11) is 1.42. The van der Waals surface area contributed by atoms with Crippen molar-refractivity contribution in [1.82, 2.24) is 5.32 Å². The summed E-state index contributed by atoms with van der Waals surface area (Å²) in [6.45, 7) is 4.58. The van der Waals surface area contributed by atoms with E-state index in [9.17, 15) is 24.5 Å². The van der Waals surface area contributed by atoms with Crippen molar-refractivity contribution in [2.75, 3.05) is 40.9 Å². The van der Waals surface area contributed by atoms with Gasteiger partial charge in [0.2, 0.25) is 5.91 Å². The van der Waals surface area contributed by atoms with Crippen LogP contribution in [0.25, 0.3) is 0 Å². The van der Waals surface area contributed by atoms with E-state index in [0.29, 0.717) is 23.9 Å². The first-order valence-electron chi connectivity index (χ1n) is 24.8. The number of hydrogen-bond acceptors (Lipinski definition) is 6. The van der Waals surface area contributed by atoms with Crippen molar-refractivity contribution in [3.8, 4) is 0 Å². The van der Waals surface area contributed by atoms with E-state index in [1.54, 1.807) is 0 Å². The van der Waals surface area contributed by atoms with Crippen LogP contribution < -0.4 is 5.32 Å². The maximum absolute atomic E-state index is 12.9. The number of rotatable bonds is 45. The van der Waals surface area contributed by atoms with Gasteiger partial charge in [-0.15, -0.1) is 0 Å². The summed E-state index contributed by atoms with van der Waals surface area (Å²) < 4.78 is 23.5. The zero-order valence-electron chi connectivity index (χ0n) is 39.4. The number of likely N-dealkylation sites (N-methyl/N-ethyl adjacent to an activating group) is 1. The highest BCUT2D eigenvalue weighted by molar-refractivity contribution is 7.47. The Labute approximate surface area is 365 Å². The third-order valence-corrected chi connectivity index (χ3v) is 12.2. The monoisotopic (exact) mass is 858 g/mol. The summed E-state index contributed by atoms with van der Waals surface area (Å²) in [5, 5.41) is 24.7. The first-order valence-corrected chi connectivity index (χ1v) is 26.3. The minimum Gasteiger partial charge on any atom is -0.390 e. The molecule has 0 fully saturated rings. The van der Waals surface area contributed by atoms with E-state index >= 15 is 0 Å². The molecule has 4 unspecified atom stereocenters. The Bertz CT molecular complexity index is 1030. The van der Waals surface area contributed by atoms with E-state index in [1.165, 1.54) is 161 Å². The van der Waals surface area contributed by atoms with Crippen LogP contribution in [0.5, 0.6) is 0 Å². The molecule has 59 heavy (non-hydrogen) atoms. The molecule has 0 heterocycles. The topological polar surface area (TPSA) is 125 Å². The molecule has 0 rings (SSSR count). The number of aliphatic hydroxyl groups is 2. The van der Waals surface area contributed by atoms with Crippen LogP contribution in [0.4, 0.5) is 0 Å². The molecule has 4 N–H and O–H groups in total. The Morgan fingerprint density at radius 2 is 0.949 bits per heavy atom. The highest BCUT2D eigenvalue weighted by atomic mass is 31.2. The highest BCUT2D eigenvalue weighted by Crippen LogP contribution is 2.43. The predicted octanol–water partition coefficient (Wildman–Crippen LogP) is 13.1. The van der Waals surface area contributed by atoms with Crippen LogP contribution in [0.2, 0.25) is 0 Å². The van der Waals surface area contributed by atoms with E-state index < -0.39 is 32.7 Å². The second-order valence-electron chi connectivity index (χ2n) is 18.3. The first-order chi connectivity index (χ1) is 28.4. The number of phosphoric ester groups is 1. The molecule has 0 aliphatic heterocycles. The molecule has 9 nitrogen and oxygen atoms in total. The van der Waals surface area contributed by atoms with Gasteiger partial charge in [-0.3, -0.25) is 13.8 Å². The van der Waals surface area contributed by atoms with Crippen LogP contribution in [0.3, 0.4) is 0 Å². The van der Waals surface area contributed by atoms with Gasteiger partial charge in [-0.1, -0.05) is 179 Å². The molecule has 0 saturated heterocycles. The van der Waals surface area contributed by atoms with Crippen molar-refractivity contribution >= 4 is 13.7 Å². The van der Waals surface area contributed by atoms with Crippen molar-refractivity contribution in [3.63, 3.8) is 0 Å². The first kappa shape index (κ1) is 57.9. The van der Waals surface area contributed by atoms with E-state index in [4.69, 9.17) is 9.05 Å². The van der Waals surface area contributed by atoms with Crippen molar-refractivity contribution in [2.24, 2.45) is 0 Å². The van der Waals surface area contributed by atoms with Gasteiger partial charge >= 0.3 is 7.82 Å². The number of allylic oxidation sites excluding steroid dienone is 4. The Balaban J connectivity index is 4.34. The van der Waals surface area contributed by atoms with Gasteiger partial charge in [0, 0.05) is 6.42 Å². The average molecular weight is 858 g/mol. The van der Waals surface area contributed by atoms with Crippen LogP contribution in [0.1, 0.15) is 226 Å². The van der Waals surface area contributed by atoms with Gasteiger partial charge in [0.05, 0.1) is 39.9 Å². The molecule has 0 saturated carbocycles. The standard InChI is InChI=1S/C49H97N2O7P/c1-6-8-10-12-14-16-18-20-21-22-23-24-25-26-27-28-29-30-32-34-36-38-40-42-48(53)50-46(45-58-59(55,56)57-44-43-51(3,4)5)49(54)47(52)41-39-37-35-33-31-19-17-15-13-11-9-7-2/h22-23,33,35,46-47,49,52,54H,6-21,24-32,34,36-45H2,1-5H3,(H-,50,53,55,56)/p+1/b23-22-,35-33+. The Morgan fingerprint density at radius 1 is 0.576 bits per heavy atom. The SMILES string of the molecule is CCCCCCCCC/C=C/CCCC(O)C(O)C(COP(=O)(O)OCC[N+](C)(C)C)NC(=O)CCCCCCCCCCCCC/C=C\CCCCCCCCCC. The Hall–Kier alpha value is -1.06. The van der Waals surface area contributed by atoms with Crippen LogP contribution in [-0.4, -0.2) is 84.6 Å². The molecule has 0 aliphatic rings. The summed E-state index contributed by atoms with van der Waals surface area (Å²) in [6.07, 6.45) is 45.4. The number of hydrogen-bond donors (Lipinski definition) is 4. The third kappa shape index (κ3) is 42.0. The van der Waals surface area contributed by atoms with Gasteiger partial charge < -0.3 is 24.9 Å². The van der Waals surface area contributed by atoms with Gasteiger partial charge in [-0.2, -0.15) is 0 Å². The number of unbranched alkanes of at least 4 members (excludes halogenated alkanes) is 27. The van der Waals surface area contributed by atoms with E-state index in [1.807, 2.05) is 21.1 Å². The number of carbonyl (C=O) groups is 1. The largest absolute Gasteiger partial charge is 0.472 e. The van der Waals surface area contributed by atoms with Gasteiger partial charge in [0.25, 0.3) is 0 Å². The molecular formula is C49H98N2O7P+. The van der Waals surface area contributed by atoms with Crippen LogP contribution >= 0.6 is 7.82 Å². The number of nitrogens with zero attached hydrogens (tertiary/aromatic N) is 1. The number of amides is 1. The fourth-order valence-corrected chi connectivity index (χ4v) is 7.99. The van der Waals surface area contributed by atoms with Gasteiger partial charge in [-0.25, -0.2) is 4.57 Å². The lowest BCUT2D eigenvalue weighted by atomic mass is 10.0. The van der Waals surface area contributed by atoms with Gasteiger partial charge in [0.1, 0.15) is 19.3 Å². The number of carbonyl (C=O) groups excluding carboxylic acids is 1. The predicted molar refractivity (Wildman–Crippen MR) is 251 cm³/mol. The molecule has 0 spiro atoms. The molecule has 10 heteroatoms. The lowest BCUT2D eigenvalue weighted by Gasteiger charge is -2.28. The highest BCUT2D eigenvalue weighted by Gasteiger charge is 2.31. The summed E-state index contributed by atoms with van der Waals surface area (Å²) >= 11 is 0. The smallest absolute Gasteiger partial charge is 0.390 e. The van der Waals surface area contributed by atoms with E-state index in [-0.39, 0.29) is 18.9 Å². The number of nitrogens with one attached hydrogen (secondary N) is 1. The molecule has 0 aliphatic carbocycles. The average Bonchev–Trinajstić information content (AvgIpc) is 3.19. The van der Waals surface area contributed by atoms with Crippen LogP contribution in [0.15, 0.2) is 24.3 Å². The molecule has 350 valence electrons. The number of phosphoric acid groups is 1. The molecule has 0 aromatic carbocycles. The van der Waals surface area contributed by atoms with Crippen molar-refractivity contribution in [2.45, 2.75) is 244 Å². The number of aliphatic hydroxyl groups excluding tert-OH is 2. The lowest BCUT2D eigenvalue weighted by molar-refractivity contribution is -0.870. The molecular weight excluding hydrogens is 760 g/mol. The quantitative estimate of drug-likeness (QED) is 0.0208. The fourth-order valence-electron chi connectivity index (χ4n) is 7.26. The molecule has 1 amide bonds. The molecule has 0 aromatic heterocycles. The van der Waals surface area contributed by atoms with Crippen molar-refractivity contribution in [1.29, 1.82) is 0 Å². The molecule has 0 radical (unpaired) electrons. The zero-order valence-corrected chi connectivity index (χ0v) is 40.3. The van der Waals surface area contributed by atoms with E-state index in [2.05, 4.69) is 43.5 Å². The molecule has 4 atom stereocenters. The summed E-state index contributed by atoms with van der Waals surface area (Å²) in [5.74, 6) is -0.268.